The Morgan fingerprint density at radius 2 is 1.80 bits per heavy atom. The second-order valence-corrected chi connectivity index (χ2v) is 6.43. The maximum Gasteiger partial charge on any atom is 0.277 e. The molecule has 8 nitrogen and oxygen atoms in total. The second kappa shape index (κ2) is 9.33. The summed E-state index contributed by atoms with van der Waals surface area (Å²) in [6.45, 7) is 1.27. The third kappa shape index (κ3) is 5.20. The molecule has 0 heterocycles. The van der Waals surface area contributed by atoms with Crippen molar-refractivity contribution >= 4 is 17.8 Å². The van der Waals surface area contributed by atoms with Crippen LogP contribution < -0.4 is 10.2 Å². The van der Waals surface area contributed by atoms with Gasteiger partial charge in [-0.15, -0.1) is 0 Å². The minimum absolute atomic E-state index is 0.124. The van der Waals surface area contributed by atoms with Crippen molar-refractivity contribution in [1.82, 2.24) is 5.43 Å². The molecule has 0 aromatic heterocycles. The van der Waals surface area contributed by atoms with Crippen molar-refractivity contribution in [3.05, 3.63) is 88.0 Å². The number of nitrogens with one attached hydrogen (secondary N) is 1. The molecule has 1 amide bonds. The van der Waals surface area contributed by atoms with Crippen LogP contribution in [0, 0.1) is 17.0 Å². The van der Waals surface area contributed by atoms with E-state index in [1.807, 2.05) is 42.5 Å². The number of aryl methyl sites for hydroxylation is 1. The quantitative estimate of drug-likeness (QED) is 0.352. The van der Waals surface area contributed by atoms with Gasteiger partial charge in [-0.1, -0.05) is 42.5 Å². The van der Waals surface area contributed by atoms with Gasteiger partial charge in [0.15, 0.2) is 6.61 Å². The van der Waals surface area contributed by atoms with E-state index in [4.69, 9.17) is 4.74 Å². The smallest absolute Gasteiger partial charge is 0.277 e. The molecule has 0 radical (unpaired) electrons. The molecule has 8 heteroatoms. The summed E-state index contributed by atoms with van der Waals surface area (Å²) < 4.78 is 5.43. The standard InChI is InChI=1S/C22H19N3O5/c1-15-11-19(25(28)29)12-18(22(15)27)13-23-24-21(26)14-30-20-9-7-17(8-10-20)16-5-3-2-4-6-16/h2-13,27H,14H2,1H3,(H,24,26)/b23-13-. The number of hydrogen-bond acceptors (Lipinski definition) is 6. The van der Waals surface area contributed by atoms with Gasteiger partial charge in [0.05, 0.1) is 11.1 Å². The number of rotatable bonds is 7. The molecule has 0 spiro atoms. The molecule has 0 aliphatic heterocycles. The van der Waals surface area contributed by atoms with Gasteiger partial charge in [0.25, 0.3) is 11.6 Å². The highest BCUT2D eigenvalue weighted by atomic mass is 16.6. The number of benzene rings is 3. The van der Waals surface area contributed by atoms with Crippen LogP contribution in [-0.2, 0) is 4.79 Å². The molecular formula is C22H19N3O5. The largest absolute Gasteiger partial charge is 0.507 e. The minimum Gasteiger partial charge on any atom is -0.507 e. The van der Waals surface area contributed by atoms with Crippen molar-refractivity contribution in [2.75, 3.05) is 6.61 Å². The fraction of sp³-hybridized carbons (Fsp3) is 0.0909. The number of amides is 1. The number of nitrogens with zero attached hydrogens (tertiary/aromatic N) is 2. The van der Waals surface area contributed by atoms with E-state index >= 15 is 0 Å². The average Bonchev–Trinajstić information content (AvgIpc) is 2.76. The molecule has 3 aromatic rings. The summed E-state index contributed by atoms with van der Waals surface area (Å²) in [5.74, 6) is -0.130. The third-order valence-corrected chi connectivity index (χ3v) is 4.25. The van der Waals surface area contributed by atoms with Crippen LogP contribution in [0.4, 0.5) is 5.69 Å². The lowest BCUT2D eigenvalue weighted by atomic mass is 10.1. The normalized spacial score (nSPS) is 10.7. The van der Waals surface area contributed by atoms with Gasteiger partial charge < -0.3 is 9.84 Å². The van der Waals surface area contributed by atoms with Crippen LogP contribution in [-0.4, -0.2) is 28.8 Å². The Kier molecular flexibility index (Phi) is 6.39. The molecular weight excluding hydrogens is 386 g/mol. The molecule has 0 aliphatic rings. The topological polar surface area (TPSA) is 114 Å². The summed E-state index contributed by atoms with van der Waals surface area (Å²) in [5, 5.41) is 24.6. The Bertz CT molecular complexity index is 1080. The van der Waals surface area contributed by atoms with Crippen molar-refractivity contribution < 1.29 is 19.6 Å². The number of non-ortho nitro benzene ring substituents is 1. The number of nitro benzene ring substituents is 1. The van der Waals surface area contributed by atoms with Crippen molar-refractivity contribution in [2.24, 2.45) is 5.10 Å². The number of hydrazone groups is 1. The monoisotopic (exact) mass is 405 g/mol. The van der Waals surface area contributed by atoms with E-state index < -0.39 is 10.8 Å². The van der Waals surface area contributed by atoms with Crippen LogP contribution in [0.2, 0.25) is 0 Å². The van der Waals surface area contributed by atoms with Gasteiger partial charge in [0.1, 0.15) is 11.5 Å². The maximum atomic E-state index is 11.9. The summed E-state index contributed by atoms with van der Waals surface area (Å²) in [4.78, 5) is 22.2. The molecule has 0 aliphatic carbocycles. The van der Waals surface area contributed by atoms with Crippen molar-refractivity contribution in [3.8, 4) is 22.6 Å². The zero-order chi connectivity index (χ0) is 21.5. The number of ether oxygens (including phenoxy) is 1. The molecule has 3 aromatic carbocycles. The van der Waals surface area contributed by atoms with Crippen LogP contribution in [0.3, 0.4) is 0 Å². The molecule has 2 N–H and O–H groups in total. The fourth-order valence-corrected chi connectivity index (χ4v) is 2.72. The SMILES string of the molecule is Cc1cc([N+](=O)[O-])cc(/C=N\NC(=O)COc2ccc(-c3ccccc3)cc2)c1O. The minimum atomic E-state index is -0.570. The van der Waals surface area contributed by atoms with Gasteiger partial charge in [0, 0.05) is 17.7 Å². The fourth-order valence-electron chi connectivity index (χ4n) is 2.72. The molecule has 30 heavy (non-hydrogen) atoms. The summed E-state index contributed by atoms with van der Waals surface area (Å²) in [6, 6.07) is 19.6. The van der Waals surface area contributed by atoms with Gasteiger partial charge in [-0.3, -0.25) is 14.9 Å². The van der Waals surface area contributed by atoms with Crippen LogP contribution in [0.1, 0.15) is 11.1 Å². The van der Waals surface area contributed by atoms with Crippen molar-refractivity contribution in [2.45, 2.75) is 6.92 Å². The highest BCUT2D eigenvalue weighted by molar-refractivity contribution is 5.87. The van der Waals surface area contributed by atoms with Crippen molar-refractivity contribution in [3.63, 3.8) is 0 Å². The third-order valence-electron chi connectivity index (χ3n) is 4.25. The Balaban J connectivity index is 1.55. The van der Waals surface area contributed by atoms with E-state index in [0.29, 0.717) is 11.3 Å². The predicted octanol–water partition coefficient (Wildman–Crippen LogP) is 3.80. The first-order valence-corrected chi connectivity index (χ1v) is 9.02. The Hall–Kier alpha value is -4.20. The predicted molar refractivity (Wildman–Crippen MR) is 113 cm³/mol. The lowest BCUT2D eigenvalue weighted by Crippen LogP contribution is -2.24. The molecule has 0 fully saturated rings. The average molecular weight is 405 g/mol. The summed E-state index contributed by atoms with van der Waals surface area (Å²) in [7, 11) is 0. The molecule has 0 saturated carbocycles. The van der Waals surface area contributed by atoms with Gasteiger partial charge in [0.2, 0.25) is 0 Å². The molecule has 0 unspecified atom stereocenters. The number of nitro groups is 1. The van der Waals surface area contributed by atoms with Gasteiger partial charge in [-0.25, -0.2) is 5.43 Å². The Labute approximate surface area is 172 Å². The highest BCUT2D eigenvalue weighted by Crippen LogP contribution is 2.26. The number of hydrogen-bond donors (Lipinski definition) is 2. The van der Waals surface area contributed by atoms with E-state index in [0.717, 1.165) is 17.3 Å². The van der Waals surface area contributed by atoms with E-state index in [9.17, 15) is 20.0 Å². The molecule has 152 valence electrons. The molecule has 0 saturated heterocycles. The van der Waals surface area contributed by atoms with Crippen LogP contribution in [0.5, 0.6) is 11.5 Å². The summed E-state index contributed by atoms with van der Waals surface area (Å²) >= 11 is 0. The number of phenolic OH excluding ortho intramolecular Hbond substituents is 1. The van der Waals surface area contributed by atoms with Crippen molar-refractivity contribution in [1.29, 1.82) is 0 Å². The highest BCUT2D eigenvalue weighted by Gasteiger charge is 2.12. The maximum absolute atomic E-state index is 11.9. The molecule has 0 atom stereocenters. The van der Waals surface area contributed by atoms with Gasteiger partial charge in [-0.2, -0.15) is 5.10 Å². The summed E-state index contributed by atoms with van der Waals surface area (Å²) in [5.41, 5.74) is 4.65. The molecule has 3 rings (SSSR count). The first kappa shape index (κ1) is 20.5. The number of carbonyl (C=O) groups excluding carboxylic acids is 1. The van der Waals surface area contributed by atoms with E-state index in [1.54, 1.807) is 12.1 Å². The summed E-state index contributed by atoms with van der Waals surface area (Å²) in [6.07, 6.45) is 1.14. The van der Waals surface area contributed by atoms with Crippen LogP contribution in [0.15, 0.2) is 71.8 Å². The van der Waals surface area contributed by atoms with E-state index in [2.05, 4.69) is 10.5 Å². The zero-order valence-electron chi connectivity index (χ0n) is 16.1. The van der Waals surface area contributed by atoms with Gasteiger partial charge >= 0.3 is 0 Å². The van der Waals surface area contributed by atoms with E-state index in [1.165, 1.54) is 19.1 Å². The van der Waals surface area contributed by atoms with Gasteiger partial charge in [-0.05, 0) is 35.7 Å². The first-order valence-electron chi connectivity index (χ1n) is 9.02. The Morgan fingerprint density at radius 1 is 1.13 bits per heavy atom. The van der Waals surface area contributed by atoms with E-state index in [-0.39, 0.29) is 23.6 Å². The number of carbonyl (C=O) groups is 1. The number of aromatic hydroxyl groups is 1. The Morgan fingerprint density at radius 3 is 2.47 bits per heavy atom. The van der Waals surface area contributed by atoms with Crippen LogP contribution in [0.25, 0.3) is 11.1 Å². The first-order chi connectivity index (χ1) is 14.4. The molecule has 0 bridgehead atoms. The number of phenols is 1. The second-order valence-electron chi connectivity index (χ2n) is 6.43. The lowest BCUT2D eigenvalue weighted by molar-refractivity contribution is -0.384. The zero-order valence-corrected chi connectivity index (χ0v) is 16.1. The lowest BCUT2D eigenvalue weighted by Gasteiger charge is -2.07. The van der Waals surface area contributed by atoms with Crippen LogP contribution >= 0.6 is 0 Å².